The zero-order chi connectivity index (χ0) is 15.6. The van der Waals surface area contributed by atoms with Crippen LogP contribution in [0.2, 0.25) is 0 Å². The highest BCUT2D eigenvalue weighted by Gasteiger charge is 2.07. The van der Waals surface area contributed by atoms with Crippen molar-refractivity contribution in [3.05, 3.63) is 72.4 Å². The van der Waals surface area contributed by atoms with Gasteiger partial charge in [0, 0.05) is 19.6 Å². The van der Waals surface area contributed by atoms with E-state index in [1.54, 1.807) is 6.07 Å². The van der Waals surface area contributed by atoms with Gasteiger partial charge in [0.25, 0.3) is 0 Å². The van der Waals surface area contributed by atoms with Crippen LogP contribution in [0.5, 0.6) is 0 Å². The highest BCUT2D eigenvalue weighted by molar-refractivity contribution is 5.64. The predicted octanol–water partition coefficient (Wildman–Crippen LogP) is 4.37. The summed E-state index contributed by atoms with van der Waals surface area (Å²) in [7, 11) is 0. The Bertz CT molecular complexity index is 708. The molecule has 3 rings (SSSR count). The molecule has 20 heavy (non-hydrogen) atoms. The van der Waals surface area contributed by atoms with E-state index >= 15 is 0 Å². The molecule has 0 aliphatic carbocycles. The van der Waals surface area contributed by atoms with E-state index in [1.165, 1.54) is 6.92 Å². The molecular weight excluding hydrogens is 244 g/mol. The summed E-state index contributed by atoms with van der Waals surface area (Å²) in [4.78, 5) is 9.02. The van der Waals surface area contributed by atoms with Crippen LogP contribution in [0.25, 0.3) is 22.6 Å². The molecular formula is C18H16N2. The molecule has 3 aromatic rings. The van der Waals surface area contributed by atoms with Crippen LogP contribution < -0.4 is 0 Å². The fourth-order valence-corrected chi connectivity index (χ4v) is 2.05. The fourth-order valence-electron chi connectivity index (χ4n) is 2.05. The molecule has 0 saturated carbocycles. The van der Waals surface area contributed by atoms with Crippen molar-refractivity contribution in [2.75, 3.05) is 0 Å². The summed E-state index contributed by atoms with van der Waals surface area (Å²) in [6, 6.07) is 21.1. The fraction of sp³-hybridized carbons (Fsp3) is 0.111. The van der Waals surface area contributed by atoms with Crippen LogP contribution in [-0.2, 0) is 6.37 Å². The third kappa shape index (κ3) is 2.59. The van der Waals surface area contributed by atoms with Gasteiger partial charge in [-0.25, -0.2) is 9.97 Å². The SMILES string of the molecule is [2H]C([2H])(C)c1cc(-c2ccccc2)nc(-c2ccccc2)n1. The van der Waals surface area contributed by atoms with E-state index in [2.05, 4.69) is 9.97 Å². The molecule has 2 nitrogen and oxygen atoms in total. The monoisotopic (exact) mass is 262 g/mol. The zero-order valence-corrected chi connectivity index (χ0v) is 11.2. The van der Waals surface area contributed by atoms with Crippen LogP contribution in [0.4, 0.5) is 0 Å². The molecule has 0 aliphatic heterocycles. The van der Waals surface area contributed by atoms with Gasteiger partial charge in [0.05, 0.1) is 5.69 Å². The second-order valence-electron chi connectivity index (χ2n) is 4.44. The number of hydrogen-bond acceptors (Lipinski definition) is 2. The number of aromatic nitrogens is 2. The van der Waals surface area contributed by atoms with E-state index in [0.717, 1.165) is 16.8 Å². The van der Waals surface area contributed by atoms with Crippen LogP contribution in [0.15, 0.2) is 66.7 Å². The van der Waals surface area contributed by atoms with Gasteiger partial charge in [-0.1, -0.05) is 67.6 Å². The van der Waals surface area contributed by atoms with Crippen LogP contribution in [0.1, 0.15) is 15.4 Å². The molecule has 0 unspecified atom stereocenters. The van der Waals surface area contributed by atoms with E-state index in [-0.39, 0.29) is 0 Å². The first kappa shape index (κ1) is 10.3. The number of hydrogen-bond donors (Lipinski definition) is 0. The number of nitrogens with zero attached hydrogens (tertiary/aromatic N) is 2. The Morgan fingerprint density at radius 1 is 0.850 bits per heavy atom. The molecule has 0 amide bonds. The van der Waals surface area contributed by atoms with Gasteiger partial charge in [-0.15, -0.1) is 0 Å². The standard InChI is InChI=1S/C18H16N2/c1-2-16-13-17(14-9-5-3-6-10-14)20-18(19-16)15-11-7-4-8-12-15/h3-13H,2H2,1H3/i2D2. The first-order chi connectivity index (χ1) is 10.5. The lowest BCUT2D eigenvalue weighted by Crippen LogP contribution is -1.97. The molecule has 0 spiro atoms. The van der Waals surface area contributed by atoms with E-state index in [1.807, 2.05) is 60.7 Å². The van der Waals surface area contributed by atoms with E-state index in [9.17, 15) is 0 Å². The average Bonchev–Trinajstić information content (AvgIpc) is 2.55. The van der Waals surface area contributed by atoms with Crippen molar-refractivity contribution in [1.82, 2.24) is 9.97 Å². The Labute approximate surface area is 122 Å². The van der Waals surface area contributed by atoms with Gasteiger partial charge >= 0.3 is 0 Å². The van der Waals surface area contributed by atoms with E-state index in [4.69, 9.17) is 2.74 Å². The molecule has 0 bridgehead atoms. The first-order valence-electron chi connectivity index (χ1n) is 7.54. The van der Waals surface area contributed by atoms with Gasteiger partial charge in [-0.2, -0.15) is 0 Å². The molecule has 2 heteroatoms. The van der Waals surface area contributed by atoms with Crippen molar-refractivity contribution in [3.63, 3.8) is 0 Å². The molecule has 0 N–H and O–H groups in total. The summed E-state index contributed by atoms with van der Waals surface area (Å²) < 4.78 is 15.9. The third-order valence-electron chi connectivity index (χ3n) is 3.08. The van der Waals surface area contributed by atoms with Gasteiger partial charge in [0.2, 0.25) is 0 Å². The Morgan fingerprint density at radius 2 is 1.45 bits per heavy atom. The Morgan fingerprint density at radius 3 is 2.05 bits per heavy atom. The second kappa shape index (κ2) is 5.66. The van der Waals surface area contributed by atoms with Gasteiger partial charge in [-0.3, -0.25) is 0 Å². The summed E-state index contributed by atoms with van der Waals surface area (Å²) in [5.41, 5.74) is 2.95. The van der Waals surface area contributed by atoms with Gasteiger partial charge in [0.15, 0.2) is 5.82 Å². The average molecular weight is 262 g/mol. The van der Waals surface area contributed by atoms with Crippen LogP contribution in [0, 0.1) is 0 Å². The minimum atomic E-state index is -1.52. The molecule has 0 fully saturated rings. The molecule has 0 atom stereocenters. The topological polar surface area (TPSA) is 25.8 Å². The third-order valence-corrected chi connectivity index (χ3v) is 3.08. The van der Waals surface area contributed by atoms with Crippen molar-refractivity contribution in [2.45, 2.75) is 13.3 Å². The maximum atomic E-state index is 7.97. The van der Waals surface area contributed by atoms with Crippen LogP contribution in [0.3, 0.4) is 0 Å². The Balaban J connectivity index is 2.19. The summed E-state index contributed by atoms with van der Waals surface area (Å²) in [6.45, 7) is 1.51. The van der Waals surface area contributed by atoms with Crippen molar-refractivity contribution in [2.24, 2.45) is 0 Å². The molecule has 2 aromatic carbocycles. The normalized spacial score (nSPS) is 12.7. The number of aryl methyl sites for hydroxylation is 1. The first-order valence-corrected chi connectivity index (χ1v) is 6.54. The highest BCUT2D eigenvalue weighted by Crippen LogP contribution is 2.22. The molecule has 98 valence electrons. The highest BCUT2D eigenvalue weighted by atomic mass is 14.9. The summed E-state index contributed by atoms with van der Waals surface area (Å²) in [6.07, 6.45) is -1.52. The smallest absolute Gasteiger partial charge is 0.160 e. The largest absolute Gasteiger partial charge is 0.233 e. The molecule has 0 radical (unpaired) electrons. The van der Waals surface area contributed by atoms with E-state index in [0.29, 0.717) is 11.5 Å². The lowest BCUT2D eigenvalue weighted by atomic mass is 10.1. The van der Waals surface area contributed by atoms with Gasteiger partial charge in [0.1, 0.15) is 0 Å². The van der Waals surface area contributed by atoms with Crippen molar-refractivity contribution in [1.29, 1.82) is 0 Å². The summed E-state index contributed by atoms with van der Waals surface area (Å²) >= 11 is 0. The van der Waals surface area contributed by atoms with Crippen molar-refractivity contribution in [3.8, 4) is 22.6 Å². The number of benzene rings is 2. The van der Waals surface area contributed by atoms with Gasteiger partial charge in [-0.05, 0) is 12.4 Å². The van der Waals surface area contributed by atoms with Gasteiger partial charge < -0.3 is 0 Å². The summed E-state index contributed by atoms with van der Waals surface area (Å²) in [5.74, 6) is 0.544. The zero-order valence-electron chi connectivity index (χ0n) is 13.2. The van der Waals surface area contributed by atoms with Crippen LogP contribution >= 0.6 is 0 Å². The van der Waals surface area contributed by atoms with Crippen molar-refractivity contribution < 1.29 is 2.74 Å². The molecule has 0 aliphatic rings. The summed E-state index contributed by atoms with van der Waals surface area (Å²) in [5, 5.41) is 0. The van der Waals surface area contributed by atoms with Crippen LogP contribution in [-0.4, -0.2) is 9.97 Å². The maximum absolute atomic E-state index is 7.97. The quantitative estimate of drug-likeness (QED) is 0.700. The predicted molar refractivity (Wildman–Crippen MR) is 82.3 cm³/mol. The van der Waals surface area contributed by atoms with E-state index < -0.39 is 6.37 Å². The van der Waals surface area contributed by atoms with Crippen molar-refractivity contribution >= 4 is 0 Å². The minimum absolute atomic E-state index is 0.389. The lowest BCUT2D eigenvalue weighted by molar-refractivity contribution is 1.01. The lowest BCUT2D eigenvalue weighted by Gasteiger charge is -2.07. The second-order valence-corrected chi connectivity index (χ2v) is 4.44. The Kier molecular flexibility index (Phi) is 2.92. The minimum Gasteiger partial charge on any atom is -0.233 e. The Hall–Kier alpha value is -2.48. The molecule has 0 saturated heterocycles. The molecule has 1 aromatic heterocycles. The number of rotatable bonds is 3. The molecule has 1 heterocycles. The maximum Gasteiger partial charge on any atom is 0.160 e.